The lowest BCUT2D eigenvalue weighted by molar-refractivity contribution is 0.0950. The van der Waals surface area contributed by atoms with Gasteiger partial charge in [-0.05, 0) is 35.6 Å². The number of aryl methyl sites for hydroxylation is 1. The standard InChI is InChI=1S/C14H12F3NOS/c1-2-8-3-4-20-12(8)7-18-14(19)9-5-10(15)13(17)11(16)6-9/h3-6H,2,7H2,1H3,(H,18,19). The highest BCUT2D eigenvalue weighted by Gasteiger charge is 2.15. The molecule has 0 unspecified atom stereocenters. The van der Waals surface area contributed by atoms with Crippen molar-refractivity contribution in [2.75, 3.05) is 0 Å². The van der Waals surface area contributed by atoms with E-state index in [4.69, 9.17) is 0 Å². The molecule has 2 nitrogen and oxygen atoms in total. The number of amides is 1. The minimum Gasteiger partial charge on any atom is -0.347 e. The average molecular weight is 299 g/mol. The zero-order valence-corrected chi connectivity index (χ0v) is 11.5. The first kappa shape index (κ1) is 14.6. The van der Waals surface area contributed by atoms with Crippen LogP contribution in [0.3, 0.4) is 0 Å². The molecule has 0 bridgehead atoms. The number of halogens is 3. The molecule has 0 fully saturated rings. The Labute approximate surface area is 118 Å². The van der Waals surface area contributed by atoms with Gasteiger partial charge in [-0.3, -0.25) is 4.79 Å². The van der Waals surface area contributed by atoms with Crippen LogP contribution in [0.5, 0.6) is 0 Å². The minimum absolute atomic E-state index is 0.240. The first-order valence-corrected chi connectivity index (χ1v) is 6.89. The molecule has 0 aliphatic heterocycles. The SMILES string of the molecule is CCc1ccsc1CNC(=O)c1cc(F)c(F)c(F)c1. The van der Waals surface area contributed by atoms with Crippen molar-refractivity contribution in [1.82, 2.24) is 5.32 Å². The van der Waals surface area contributed by atoms with Crippen LogP contribution in [0.15, 0.2) is 23.6 Å². The molecule has 2 aromatic rings. The van der Waals surface area contributed by atoms with E-state index in [-0.39, 0.29) is 12.1 Å². The Kier molecular flexibility index (Phi) is 4.44. The third-order valence-corrected chi connectivity index (χ3v) is 3.84. The van der Waals surface area contributed by atoms with Crippen molar-refractivity contribution >= 4 is 17.2 Å². The fraction of sp³-hybridized carbons (Fsp3) is 0.214. The molecule has 1 aromatic carbocycles. The summed E-state index contributed by atoms with van der Waals surface area (Å²) in [6.45, 7) is 2.28. The van der Waals surface area contributed by atoms with Crippen LogP contribution in [-0.4, -0.2) is 5.91 Å². The summed E-state index contributed by atoms with van der Waals surface area (Å²) in [7, 11) is 0. The summed E-state index contributed by atoms with van der Waals surface area (Å²) in [6, 6.07) is 3.33. The molecule has 1 amide bonds. The summed E-state index contributed by atoms with van der Waals surface area (Å²) >= 11 is 1.50. The minimum atomic E-state index is -1.58. The van der Waals surface area contributed by atoms with Crippen LogP contribution < -0.4 is 5.32 Å². The third kappa shape index (κ3) is 3.01. The summed E-state index contributed by atoms with van der Waals surface area (Å²) in [5.41, 5.74) is 0.878. The highest BCUT2D eigenvalue weighted by atomic mass is 32.1. The van der Waals surface area contributed by atoms with Gasteiger partial charge in [-0.2, -0.15) is 0 Å². The number of thiophene rings is 1. The van der Waals surface area contributed by atoms with Gasteiger partial charge in [0.15, 0.2) is 17.5 Å². The quantitative estimate of drug-likeness (QED) is 0.858. The molecule has 1 heterocycles. The van der Waals surface area contributed by atoms with Crippen molar-refractivity contribution in [2.24, 2.45) is 0 Å². The Morgan fingerprint density at radius 1 is 1.25 bits per heavy atom. The monoisotopic (exact) mass is 299 g/mol. The number of rotatable bonds is 4. The normalized spacial score (nSPS) is 10.6. The van der Waals surface area contributed by atoms with Gasteiger partial charge >= 0.3 is 0 Å². The van der Waals surface area contributed by atoms with Gasteiger partial charge in [-0.1, -0.05) is 6.92 Å². The fourth-order valence-electron chi connectivity index (χ4n) is 1.79. The summed E-state index contributed by atoms with van der Waals surface area (Å²) < 4.78 is 38.9. The molecule has 20 heavy (non-hydrogen) atoms. The number of hydrogen-bond acceptors (Lipinski definition) is 2. The van der Waals surface area contributed by atoms with Crippen LogP contribution in [-0.2, 0) is 13.0 Å². The lowest BCUT2D eigenvalue weighted by Crippen LogP contribution is -2.23. The summed E-state index contributed by atoms with van der Waals surface area (Å²) in [5, 5.41) is 4.48. The van der Waals surface area contributed by atoms with Crippen LogP contribution >= 0.6 is 11.3 Å². The number of benzene rings is 1. The van der Waals surface area contributed by atoms with Gasteiger partial charge in [0.1, 0.15) is 0 Å². The van der Waals surface area contributed by atoms with E-state index in [0.717, 1.165) is 16.9 Å². The Balaban J connectivity index is 2.09. The Morgan fingerprint density at radius 2 is 1.90 bits per heavy atom. The molecule has 1 N–H and O–H groups in total. The second-order valence-corrected chi connectivity index (χ2v) is 5.16. The van der Waals surface area contributed by atoms with Crippen LogP contribution in [0.4, 0.5) is 13.2 Å². The van der Waals surface area contributed by atoms with Crippen molar-refractivity contribution in [3.63, 3.8) is 0 Å². The highest BCUT2D eigenvalue weighted by molar-refractivity contribution is 7.10. The summed E-state index contributed by atoms with van der Waals surface area (Å²) in [6.07, 6.45) is 0.842. The first-order valence-electron chi connectivity index (χ1n) is 6.01. The molecular formula is C14H12F3NOS. The summed E-state index contributed by atoms with van der Waals surface area (Å²) in [4.78, 5) is 12.8. The maximum atomic E-state index is 13.0. The highest BCUT2D eigenvalue weighted by Crippen LogP contribution is 2.18. The Morgan fingerprint density at radius 3 is 2.50 bits per heavy atom. The lowest BCUT2D eigenvalue weighted by atomic mass is 10.2. The van der Waals surface area contributed by atoms with Crippen molar-refractivity contribution in [3.8, 4) is 0 Å². The number of carbonyl (C=O) groups is 1. The molecule has 1 aromatic heterocycles. The first-order chi connectivity index (χ1) is 9.52. The predicted molar refractivity (Wildman–Crippen MR) is 71.2 cm³/mol. The lowest BCUT2D eigenvalue weighted by Gasteiger charge is -2.06. The largest absolute Gasteiger partial charge is 0.347 e. The van der Waals surface area contributed by atoms with Gasteiger partial charge in [-0.15, -0.1) is 11.3 Å². The van der Waals surface area contributed by atoms with E-state index >= 15 is 0 Å². The van der Waals surface area contributed by atoms with E-state index in [1.807, 2.05) is 18.4 Å². The molecule has 0 saturated heterocycles. The van der Waals surface area contributed by atoms with Gasteiger partial charge in [0, 0.05) is 10.4 Å². The second-order valence-electron chi connectivity index (χ2n) is 4.16. The smallest absolute Gasteiger partial charge is 0.251 e. The van der Waals surface area contributed by atoms with Crippen molar-refractivity contribution in [3.05, 3.63) is 57.0 Å². The van der Waals surface area contributed by atoms with Crippen LogP contribution in [0, 0.1) is 17.5 Å². The van der Waals surface area contributed by atoms with E-state index in [9.17, 15) is 18.0 Å². The fourth-order valence-corrected chi connectivity index (χ4v) is 2.70. The molecule has 2 rings (SSSR count). The van der Waals surface area contributed by atoms with E-state index in [0.29, 0.717) is 12.1 Å². The second kappa shape index (κ2) is 6.09. The molecule has 106 valence electrons. The number of carbonyl (C=O) groups excluding carboxylic acids is 1. The summed E-state index contributed by atoms with van der Waals surface area (Å²) in [5.74, 6) is -4.97. The van der Waals surface area contributed by atoms with Gasteiger partial charge < -0.3 is 5.32 Å². The zero-order valence-electron chi connectivity index (χ0n) is 10.7. The van der Waals surface area contributed by atoms with Gasteiger partial charge in [0.05, 0.1) is 6.54 Å². The maximum absolute atomic E-state index is 13.0. The maximum Gasteiger partial charge on any atom is 0.251 e. The van der Waals surface area contributed by atoms with Gasteiger partial charge in [0.2, 0.25) is 0 Å². The van der Waals surface area contributed by atoms with Crippen LogP contribution in [0.1, 0.15) is 27.7 Å². The molecule has 0 aliphatic rings. The molecule has 0 atom stereocenters. The topological polar surface area (TPSA) is 29.1 Å². The molecule has 6 heteroatoms. The Hall–Kier alpha value is -1.82. The Bertz CT molecular complexity index is 616. The third-order valence-electron chi connectivity index (χ3n) is 2.87. The molecular weight excluding hydrogens is 287 g/mol. The molecule has 0 saturated carbocycles. The van der Waals surface area contributed by atoms with Crippen molar-refractivity contribution in [2.45, 2.75) is 19.9 Å². The molecule has 0 radical (unpaired) electrons. The van der Waals surface area contributed by atoms with Gasteiger partial charge in [-0.25, -0.2) is 13.2 Å². The number of nitrogens with one attached hydrogen (secondary N) is 1. The number of hydrogen-bond donors (Lipinski definition) is 1. The molecule has 0 aliphatic carbocycles. The van der Waals surface area contributed by atoms with E-state index in [1.165, 1.54) is 11.3 Å². The molecule has 0 spiro atoms. The van der Waals surface area contributed by atoms with Gasteiger partial charge in [0.25, 0.3) is 5.91 Å². The van der Waals surface area contributed by atoms with E-state index in [2.05, 4.69) is 5.32 Å². The predicted octanol–water partition coefficient (Wildman–Crippen LogP) is 3.66. The van der Waals surface area contributed by atoms with Crippen molar-refractivity contribution in [1.29, 1.82) is 0 Å². The van der Waals surface area contributed by atoms with E-state index < -0.39 is 23.4 Å². The van der Waals surface area contributed by atoms with Crippen LogP contribution in [0.25, 0.3) is 0 Å². The van der Waals surface area contributed by atoms with Crippen LogP contribution in [0.2, 0.25) is 0 Å². The zero-order chi connectivity index (χ0) is 14.7. The van der Waals surface area contributed by atoms with Crippen molar-refractivity contribution < 1.29 is 18.0 Å². The average Bonchev–Trinajstić information content (AvgIpc) is 2.89. The van der Waals surface area contributed by atoms with E-state index in [1.54, 1.807) is 0 Å².